The average molecular weight is 257 g/mol. The van der Waals surface area contributed by atoms with E-state index >= 15 is 0 Å². The van der Waals surface area contributed by atoms with Crippen LogP contribution in [0, 0.1) is 0 Å². The lowest BCUT2D eigenvalue weighted by Crippen LogP contribution is -2.05. The molecule has 0 saturated carbocycles. The summed E-state index contributed by atoms with van der Waals surface area (Å²) in [5, 5.41) is 0.382. The molecule has 1 aromatic rings. The maximum atomic E-state index is 10.9. The molecule has 0 aromatic heterocycles. The Balaban J connectivity index is 2.51. The normalized spacial score (nSPS) is 9.76. The molecule has 0 atom stereocenters. The number of halogens is 1. The fourth-order valence-electron chi connectivity index (χ4n) is 1.26. The molecule has 0 N–H and O–H groups in total. The van der Waals surface area contributed by atoms with E-state index in [2.05, 4.69) is 4.74 Å². The van der Waals surface area contributed by atoms with Gasteiger partial charge in [-0.3, -0.25) is 9.59 Å². The van der Waals surface area contributed by atoms with Crippen LogP contribution in [0.3, 0.4) is 0 Å². The molecular weight excluding hydrogens is 244 g/mol. The molecule has 0 aliphatic carbocycles. The van der Waals surface area contributed by atoms with Gasteiger partial charge in [0.1, 0.15) is 5.75 Å². The van der Waals surface area contributed by atoms with Gasteiger partial charge >= 0.3 is 5.97 Å². The minimum absolute atomic E-state index is 0.275. The van der Waals surface area contributed by atoms with Gasteiger partial charge in [-0.15, -0.1) is 0 Å². The first kappa shape index (κ1) is 13.5. The third-order valence-corrected chi connectivity index (χ3v) is 2.42. The molecule has 0 bridgehead atoms. The van der Waals surface area contributed by atoms with E-state index in [1.54, 1.807) is 18.2 Å². The molecule has 0 fully saturated rings. The van der Waals surface area contributed by atoms with Crippen molar-refractivity contribution in [3.05, 3.63) is 28.8 Å². The summed E-state index contributed by atoms with van der Waals surface area (Å²) in [6, 6.07) is 4.94. The first-order chi connectivity index (χ1) is 8.19. The molecule has 0 heterocycles. The van der Waals surface area contributed by atoms with E-state index in [1.807, 2.05) is 0 Å². The van der Waals surface area contributed by atoms with E-state index in [-0.39, 0.29) is 12.4 Å². The lowest BCUT2D eigenvalue weighted by atomic mass is 10.2. The van der Waals surface area contributed by atoms with Crippen LogP contribution < -0.4 is 4.74 Å². The predicted octanol–water partition coefficient (Wildman–Crippen LogP) is 2.48. The van der Waals surface area contributed by atoms with Crippen LogP contribution >= 0.6 is 11.6 Å². The maximum absolute atomic E-state index is 10.9. The molecule has 0 amide bonds. The Labute approximate surface area is 104 Å². The number of methoxy groups -OCH3 is 1. The van der Waals surface area contributed by atoms with Crippen LogP contribution in [-0.2, 0) is 9.53 Å². The molecule has 17 heavy (non-hydrogen) atoms. The highest BCUT2D eigenvalue weighted by Crippen LogP contribution is 2.27. The summed E-state index contributed by atoms with van der Waals surface area (Å²) in [6.45, 7) is 0.305. The van der Waals surface area contributed by atoms with Gasteiger partial charge in [0.05, 0.1) is 24.3 Å². The highest BCUT2D eigenvalue weighted by molar-refractivity contribution is 6.32. The minimum Gasteiger partial charge on any atom is -0.491 e. The minimum atomic E-state index is -0.289. The van der Waals surface area contributed by atoms with E-state index in [9.17, 15) is 9.59 Å². The Kier molecular flexibility index (Phi) is 5.49. The molecule has 0 unspecified atom stereocenters. The van der Waals surface area contributed by atoms with Crippen LogP contribution in [0.15, 0.2) is 18.2 Å². The van der Waals surface area contributed by atoms with Crippen molar-refractivity contribution in [3.8, 4) is 5.75 Å². The molecule has 1 aromatic carbocycles. The van der Waals surface area contributed by atoms with E-state index < -0.39 is 0 Å². The van der Waals surface area contributed by atoms with Gasteiger partial charge in [-0.2, -0.15) is 0 Å². The fourth-order valence-corrected chi connectivity index (χ4v) is 1.50. The van der Waals surface area contributed by atoms with Crippen molar-refractivity contribution in [1.29, 1.82) is 0 Å². The van der Waals surface area contributed by atoms with Crippen molar-refractivity contribution in [2.24, 2.45) is 0 Å². The molecule has 92 valence electrons. The van der Waals surface area contributed by atoms with Crippen LogP contribution in [0.5, 0.6) is 5.75 Å². The molecule has 1 rings (SSSR count). The highest BCUT2D eigenvalue weighted by atomic mass is 35.5. The Morgan fingerprint density at radius 2 is 2.24 bits per heavy atom. The number of benzene rings is 1. The van der Waals surface area contributed by atoms with Gasteiger partial charge < -0.3 is 9.47 Å². The molecule has 0 aliphatic rings. The smallest absolute Gasteiger partial charge is 0.305 e. The molecule has 0 spiro atoms. The highest BCUT2D eigenvalue weighted by Gasteiger charge is 2.08. The topological polar surface area (TPSA) is 52.6 Å². The van der Waals surface area contributed by atoms with Crippen LogP contribution in [0.1, 0.15) is 23.2 Å². The molecular formula is C12H13ClO4. The second kappa shape index (κ2) is 6.91. The molecule has 4 nitrogen and oxygen atoms in total. The summed E-state index contributed by atoms with van der Waals surface area (Å²) < 4.78 is 9.88. The van der Waals surface area contributed by atoms with E-state index in [0.29, 0.717) is 35.6 Å². The zero-order valence-corrected chi connectivity index (χ0v) is 10.2. The van der Waals surface area contributed by atoms with E-state index in [1.165, 1.54) is 7.11 Å². The second-order valence-corrected chi connectivity index (χ2v) is 3.71. The van der Waals surface area contributed by atoms with Gasteiger partial charge in [0, 0.05) is 6.42 Å². The standard InChI is InChI=1S/C12H13ClO4/c1-16-11(15)6-3-7-17-12-9(8-14)4-2-5-10(12)13/h2,4-5,8H,3,6-7H2,1H3. The first-order valence-corrected chi connectivity index (χ1v) is 5.50. The molecule has 0 radical (unpaired) electrons. The number of ether oxygens (including phenoxy) is 2. The van der Waals surface area contributed by atoms with Crippen molar-refractivity contribution >= 4 is 23.9 Å². The summed E-state index contributed by atoms with van der Waals surface area (Å²) in [7, 11) is 1.34. The van der Waals surface area contributed by atoms with Crippen LogP contribution in [0.4, 0.5) is 0 Å². The van der Waals surface area contributed by atoms with Crippen molar-refractivity contribution in [2.75, 3.05) is 13.7 Å². The Morgan fingerprint density at radius 3 is 2.88 bits per heavy atom. The lowest BCUT2D eigenvalue weighted by molar-refractivity contribution is -0.140. The number of para-hydroxylation sites is 1. The maximum Gasteiger partial charge on any atom is 0.305 e. The third kappa shape index (κ3) is 4.07. The zero-order valence-electron chi connectivity index (χ0n) is 9.44. The second-order valence-electron chi connectivity index (χ2n) is 3.30. The van der Waals surface area contributed by atoms with Gasteiger partial charge in [0.25, 0.3) is 0 Å². The third-order valence-electron chi connectivity index (χ3n) is 2.12. The fraction of sp³-hybridized carbons (Fsp3) is 0.333. The number of carbonyl (C=O) groups excluding carboxylic acids is 2. The quantitative estimate of drug-likeness (QED) is 0.446. The van der Waals surface area contributed by atoms with Crippen molar-refractivity contribution in [3.63, 3.8) is 0 Å². The van der Waals surface area contributed by atoms with Gasteiger partial charge in [-0.05, 0) is 18.6 Å². The van der Waals surface area contributed by atoms with Gasteiger partial charge in [0.2, 0.25) is 0 Å². The lowest BCUT2D eigenvalue weighted by Gasteiger charge is -2.09. The van der Waals surface area contributed by atoms with E-state index in [0.717, 1.165) is 0 Å². The SMILES string of the molecule is COC(=O)CCCOc1c(Cl)cccc1C=O. The molecule has 0 saturated heterocycles. The Morgan fingerprint density at radius 1 is 1.47 bits per heavy atom. The van der Waals surface area contributed by atoms with Crippen LogP contribution in [0.25, 0.3) is 0 Å². The summed E-state index contributed by atoms with van der Waals surface area (Å²) in [5.41, 5.74) is 0.399. The Hall–Kier alpha value is -1.55. The summed E-state index contributed by atoms with van der Waals surface area (Å²) >= 11 is 5.90. The van der Waals surface area contributed by atoms with Crippen molar-refractivity contribution in [1.82, 2.24) is 0 Å². The van der Waals surface area contributed by atoms with Crippen molar-refractivity contribution in [2.45, 2.75) is 12.8 Å². The van der Waals surface area contributed by atoms with Gasteiger partial charge in [0.15, 0.2) is 6.29 Å². The van der Waals surface area contributed by atoms with Gasteiger partial charge in [-0.1, -0.05) is 17.7 Å². The zero-order chi connectivity index (χ0) is 12.7. The summed E-state index contributed by atoms with van der Waals surface area (Å²) in [5.74, 6) is 0.0670. The molecule has 5 heteroatoms. The summed E-state index contributed by atoms with van der Waals surface area (Å²) in [4.78, 5) is 21.6. The Bertz CT molecular complexity index is 403. The first-order valence-electron chi connectivity index (χ1n) is 5.12. The predicted molar refractivity (Wildman–Crippen MR) is 63.6 cm³/mol. The van der Waals surface area contributed by atoms with Crippen LogP contribution in [-0.4, -0.2) is 26.0 Å². The number of rotatable bonds is 6. The van der Waals surface area contributed by atoms with Crippen LogP contribution in [0.2, 0.25) is 5.02 Å². The average Bonchev–Trinajstić information content (AvgIpc) is 2.35. The van der Waals surface area contributed by atoms with Gasteiger partial charge in [-0.25, -0.2) is 0 Å². The number of carbonyl (C=O) groups is 2. The number of esters is 1. The number of hydrogen-bond donors (Lipinski definition) is 0. The monoisotopic (exact) mass is 256 g/mol. The number of hydrogen-bond acceptors (Lipinski definition) is 4. The van der Waals surface area contributed by atoms with Crippen molar-refractivity contribution < 1.29 is 19.1 Å². The van der Waals surface area contributed by atoms with E-state index in [4.69, 9.17) is 16.3 Å². The summed E-state index contributed by atoms with van der Waals surface area (Å²) in [6.07, 6.45) is 1.47. The number of aldehydes is 1. The molecule has 0 aliphatic heterocycles. The largest absolute Gasteiger partial charge is 0.491 e.